The maximum atomic E-state index is 12.9. The molecule has 0 radical (unpaired) electrons. The molecule has 9 heteroatoms. The molecule has 1 amide bonds. The summed E-state index contributed by atoms with van der Waals surface area (Å²) in [6.45, 7) is 10.8. The molecule has 2 N–H and O–H groups in total. The van der Waals surface area contributed by atoms with Gasteiger partial charge in [-0.25, -0.2) is 23.9 Å². The second-order valence-corrected chi connectivity index (χ2v) is 9.69. The number of carbonyl (C=O) groups excluding carboxylic acids is 2. The Balaban J connectivity index is 2.29. The van der Waals surface area contributed by atoms with Gasteiger partial charge in [-0.15, -0.1) is 0 Å². The van der Waals surface area contributed by atoms with E-state index in [0.29, 0.717) is 11.4 Å². The van der Waals surface area contributed by atoms with Crippen LogP contribution in [0.5, 0.6) is 0 Å². The fourth-order valence-corrected chi connectivity index (χ4v) is 3.56. The van der Waals surface area contributed by atoms with Crippen LogP contribution < -0.4 is 5.32 Å². The van der Waals surface area contributed by atoms with Crippen molar-refractivity contribution in [1.82, 2.24) is 14.9 Å². The lowest BCUT2D eigenvalue weighted by Crippen LogP contribution is -2.46. The molecule has 2 rings (SSSR count). The summed E-state index contributed by atoms with van der Waals surface area (Å²) >= 11 is 0. The first kappa shape index (κ1) is 23.7. The van der Waals surface area contributed by atoms with Crippen LogP contribution in [0.25, 0.3) is 0 Å². The smallest absolute Gasteiger partial charge is 0.417 e. The van der Waals surface area contributed by atoms with Crippen LogP contribution in [0, 0.1) is 0 Å². The Kier molecular flexibility index (Phi) is 7.15. The highest BCUT2D eigenvalue weighted by Gasteiger charge is 2.33. The average Bonchev–Trinajstić information content (AvgIpc) is 3.21. The third-order valence-corrected chi connectivity index (χ3v) is 4.72. The fraction of sp³-hybridized carbons (Fsp3) is 0.714. The van der Waals surface area contributed by atoms with E-state index in [2.05, 4.69) is 10.3 Å². The third-order valence-electron chi connectivity index (χ3n) is 4.72. The average molecular weight is 424 g/mol. The van der Waals surface area contributed by atoms with E-state index < -0.39 is 35.2 Å². The van der Waals surface area contributed by atoms with Crippen molar-refractivity contribution in [3.05, 3.63) is 17.7 Å². The molecule has 1 aromatic heterocycles. The molecule has 1 fully saturated rings. The minimum absolute atomic E-state index is 0.00230. The van der Waals surface area contributed by atoms with Crippen LogP contribution in [0.15, 0.2) is 6.33 Å². The maximum Gasteiger partial charge on any atom is 0.417 e. The summed E-state index contributed by atoms with van der Waals surface area (Å²) in [5, 5.41) is 12.1. The van der Waals surface area contributed by atoms with Crippen molar-refractivity contribution in [3.8, 4) is 0 Å². The summed E-state index contributed by atoms with van der Waals surface area (Å²) in [7, 11) is 0. The summed E-state index contributed by atoms with van der Waals surface area (Å²) in [5.74, 6) is -0.572. The Bertz CT molecular complexity index is 782. The van der Waals surface area contributed by atoms with Gasteiger partial charge in [0.2, 0.25) is 0 Å². The van der Waals surface area contributed by atoms with Crippen LogP contribution in [0.1, 0.15) is 78.6 Å². The third kappa shape index (κ3) is 6.47. The molecule has 0 bridgehead atoms. The summed E-state index contributed by atoms with van der Waals surface area (Å²) in [5.41, 5.74) is -0.407. The number of esters is 1. The van der Waals surface area contributed by atoms with Crippen molar-refractivity contribution in [2.45, 2.75) is 96.8 Å². The summed E-state index contributed by atoms with van der Waals surface area (Å²) in [6.07, 6.45) is 2.73. The minimum Gasteiger partial charge on any atom is -0.464 e. The number of hydrogen-bond donors (Lipinski definition) is 2. The molecular formula is C21H33N3O6. The van der Waals surface area contributed by atoms with E-state index in [0.717, 1.165) is 30.3 Å². The van der Waals surface area contributed by atoms with Gasteiger partial charge in [0.1, 0.15) is 24.1 Å². The number of nitrogens with one attached hydrogen (secondary N) is 1. The van der Waals surface area contributed by atoms with Gasteiger partial charge in [-0.2, -0.15) is 0 Å². The number of nitrogens with zero attached hydrogens (tertiary/aromatic N) is 2. The topological polar surface area (TPSA) is 120 Å². The standard InChI is InChI=1S/C21H33N3O6/c1-20(2,3)16-14(22-12-24(16)19(27)28)11-15(23-18(26)30-21(4,5)6)17(25)29-13-9-7-8-10-13/h12-13,15H,7-11H2,1-6H3,(H,23,26)(H,27,28). The van der Waals surface area contributed by atoms with Crippen molar-refractivity contribution >= 4 is 18.2 Å². The van der Waals surface area contributed by atoms with E-state index in [9.17, 15) is 19.5 Å². The number of carboxylic acid groups (broad SMARTS) is 1. The predicted octanol–water partition coefficient (Wildman–Crippen LogP) is 3.63. The Morgan fingerprint density at radius 1 is 1.20 bits per heavy atom. The molecule has 30 heavy (non-hydrogen) atoms. The Morgan fingerprint density at radius 2 is 1.80 bits per heavy atom. The van der Waals surface area contributed by atoms with E-state index in [4.69, 9.17) is 9.47 Å². The molecule has 0 aliphatic heterocycles. The van der Waals surface area contributed by atoms with Crippen molar-refractivity contribution in [2.24, 2.45) is 0 Å². The zero-order valence-electron chi connectivity index (χ0n) is 18.7. The molecule has 9 nitrogen and oxygen atoms in total. The zero-order valence-corrected chi connectivity index (χ0v) is 18.7. The number of imidazole rings is 1. The first-order valence-corrected chi connectivity index (χ1v) is 10.3. The predicted molar refractivity (Wildman–Crippen MR) is 110 cm³/mol. The Labute approximate surface area is 177 Å². The molecule has 1 aliphatic carbocycles. The van der Waals surface area contributed by atoms with Gasteiger partial charge in [0, 0.05) is 11.8 Å². The Morgan fingerprint density at radius 3 is 2.30 bits per heavy atom. The molecule has 168 valence electrons. The van der Waals surface area contributed by atoms with Gasteiger partial charge in [0.15, 0.2) is 0 Å². The van der Waals surface area contributed by atoms with Gasteiger partial charge < -0.3 is 19.9 Å². The van der Waals surface area contributed by atoms with Crippen LogP contribution in [0.2, 0.25) is 0 Å². The molecule has 0 saturated heterocycles. The van der Waals surface area contributed by atoms with Gasteiger partial charge in [0.25, 0.3) is 0 Å². The molecule has 0 spiro atoms. The van der Waals surface area contributed by atoms with Gasteiger partial charge in [0.05, 0.1) is 11.4 Å². The van der Waals surface area contributed by atoms with Crippen molar-refractivity contribution in [1.29, 1.82) is 0 Å². The highest BCUT2D eigenvalue weighted by atomic mass is 16.6. The molecular weight excluding hydrogens is 390 g/mol. The maximum absolute atomic E-state index is 12.9. The Hall–Kier alpha value is -2.58. The normalized spacial score (nSPS) is 16.2. The van der Waals surface area contributed by atoms with Gasteiger partial charge in [-0.05, 0) is 46.5 Å². The van der Waals surface area contributed by atoms with Gasteiger partial charge in [-0.3, -0.25) is 0 Å². The van der Waals surface area contributed by atoms with Crippen LogP contribution in [-0.4, -0.2) is 50.6 Å². The molecule has 1 unspecified atom stereocenters. The first-order chi connectivity index (χ1) is 13.8. The highest BCUT2D eigenvalue weighted by molar-refractivity contribution is 5.82. The van der Waals surface area contributed by atoms with Crippen molar-refractivity contribution in [2.75, 3.05) is 0 Å². The first-order valence-electron chi connectivity index (χ1n) is 10.3. The number of rotatable bonds is 5. The van der Waals surface area contributed by atoms with E-state index >= 15 is 0 Å². The summed E-state index contributed by atoms with van der Waals surface area (Å²) in [4.78, 5) is 41.0. The number of amides is 1. The number of carbonyl (C=O) groups is 3. The molecule has 1 aromatic rings. The second kappa shape index (κ2) is 9.06. The zero-order chi connectivity index (χ0) is 22.7. The summed E-state index contributed by atoms with van der Waals surface area (Å²) < 4.78 is 11.9. The van der Waals surface area contributed by atoms with Gasteiger partial charge >= 0.3 is 18.2 Å². The van der Waals surface area contributed by atoms with E-state index in [1.165, 1.54) is 6.33 Å². The van der Waals surface area contributed by atoms with E-state index in [1.54, 1.807) is 20.8 Å². The van der Waals surface area contributed by atoms with Crippen molar-refractivity contribution < 1.29 is 29.0 Å². The monoisotopic (exact) mass is 423 g/mol. The molecule has 1 heterocycles. The largest absolute Gasteiger partial charge is 0.464 e. The number of hydrogen-bond acceptors (Lipinski definition) is 6. The lowest BCUT2D eigenvalue weighted by molar-refractivity contribution is -0.151. The fourth-order valence-electron chi connectivity index (χ4n) is 3.56. The van der Waals surface area contributed by atoms with Crippen LogP contribution >= 0.6 is 0 Å². The second-order valence-electron chi connectivity index (χ2n) is 9.69. The van der Waals surface area contributed by atoms with Crippen LogP contribution in [0.3, 0.4) is 0 Å². The lowest BCUT2D eigenvalue weighted by atomic mass is 9.89. The SMILES string of the molecule is CC(C)(C)OC(=O)NC(Cc1ncn(C(=O)O)c1C(C)(C)C)C(=O)OC1CCCC1. The summed E-state index contributed by atoms with van der Waals surface area (Å²) in [6, 6.07) is -1.04. The van der Waals surface area contributed by atoms with Crippen LogP contribution in [0.4, 0.5) is 9.59 Å². The number of alkyl carbamates (subject to hydrolysis) is 1. The minimum atomic E-state index is -1.16. The number of ether oxygens (including phenoxy) is 2. The molecule has 1 atom stereocenters. The van der Waals surface area contributed by atoms with Gasteiger partial charge in [-0.1, -0.05) is 20.8 Å². The van der Waals surface area contributed by atoms with E-state index in [-0.39, 0.29) is 12.5 Å². The lowest BCUT2D eigenvalue weighted by Gasteiger charge is -2.25. The molecule has 0 aromatic carbocycles. The van der Waals surface area contributed by atoms with Crippen molar-refractivity contribution in [3.63, 3.8) is 0 Å². The quantitative estimate of drug-likeness (QED) is 0.694. The highest BCUT2D eigenvalue weighted by Crippen LogP contribution is 2.27. The van der Waals surface area contributed by atoms with Crippen LogP contribution in [-0.2, 0) is 26.1 Å². The molecule has 1 saturated carbocycles. The number of aromatic nitrogens is 2. The molecule has 1 aliphatic rings. The van der Waals surface area contributed by atoms with E-state index in [1.807, 2.05) is 20.8 Å².